The van der Waals surface area contributed by atoms with Crippen LogP contribution in [0.5, 0.6) is 0 Å². The second-order valence-corrected chi connectivity index (χ2v) is 4.66. The molecule has 0 atom stereocenters. The van der Waals surface area contributed by atoms with E-state index in [0.29, 0.717) is 6.54 Å². The van der Waals surface area contributed by atoms with Crippen molar-refractivity contribution in [2.24, 2.45) is 5.73 Å². The van der Waals surface area contributed by atoms with Crippen molar-refractivity contribution in [1.29, 1.82) is 0 Å². The number of aryl methyl sites for hydroxylation is 1. The number of ether oxygens (including phenoxy) is 1. The maximum Gasteiger partial charge on any atom is 0.0470 e. The molecule has 0 aromatic heterocycles. The first-order chi connectivity index (χ1) is 7.27. The van der Waals surface area contributed by atoms with Crippen LogP contribution in [0.15, 0.2) is 23.1 Å². The smallest absolute Gasteiger partial charge is 0.0470 e. The summed E-state index contributed by atoms with van der Waals surface area (Å²) in [4.78, 5) is 1.32. The highest BCUT2D eigenvalue weighted by Crippen LogP contribution is 2.21. The van der Waals surface area contributed by atoms with Crippen LogP contribution in [-0.2, 0) is 11.3 Å². The SMILES string of the molecule is COCCCSc1ccc(CN)c(C)c1. The normalized spacial score (nSPS) is 10.6. The van der Waals surface area contributed by atoms with Crippen molar-refractivity contribution in [1.82, 2.24) is 0 Å². The number of thioether (sulfide) groups is 1. The van der Waals surface area contributed by atoms with Gasteiger partial charge in [0.2, 0.25) is 0 Å². The lowest BCUT2D eigenvalue weighted by atomic mass is 10.1. The standard InChI is InChI=1S/C12H19NOS/c1-10-8-12(5-4-11(10)9-13)15-7-3-6-14-2/h4-5,8H,3,6-7,9,13H2,1-2H3. The minimum atomic E-state index is 0.625. The third-order valence-electron chi connectivity index (χ3n) is 2.30. The van der Waals surface area contributed by atoms with E-state index >= 15 is 0 Å². The largest absolute Gasteiger partial charge is 0.385 e. The summed E-state index contributed by atoms with van der Waals surface area (Å²) in [7, 11) is 1.74. The highest BCUT2D eigenvalue weighted by atomic mass is 32.2. The van der Waals surface area contributed by atoms with Gasteiger partial charge in [0.1, 0.15) is 0 Å². The highest BCUT2D eigenvalue weighted by molar-refractivity contribution is 7.99. The lowest BCUT2D eigenvalue weighted by molar-refractivity contribution is 0.200. The molecular formula is C12H19NOS. The molecular weight excluding hydrogens is 206 g/mol. The van der Waals surface area contributed by atoms with Gasteiger partial charge in [0.25, 0.3) is 0 Å². The Morgan fingerprint density at radius 2 is 2.20 bits per heavy atom. The predicted octanol–water partition coefficient (Wildman–Crippen LogP) is 2.58. The molecule has 0 saturated carbocycles. The minimum Gasteiger partial charge on any atom is -0.385 e. The van der Waals surface area contributed by atoms with Crippen LogP contribution in [-0.4, -0.2) is 19.5 Å². The molecule has 1 aromatic rings. The van der Waals surface area contributed by atoms with E-state index in [0.717, 1.165) is 18.8 Å². The molecule has 15 heavy (non-hydrogen) atoms. The molecule has 0 saturated heterocycles. The molecule has 2 nitrogen and oxygen atoms in total. The second kappa shape index (κ2) is 6.88. The van der Waals surface area contributed by atoms with Gasteiger partial charge in [-0.2, -0.15) is 0 Å². The Hall–Kier alpha value is -0.510. The summed E-state index contributed by atoms with van der Waals surface area (Å²) >= 11 is 1.87. The first kappa shape index (κ1) is 12.6. The first-order valence-corrected chi connectivity index (χ1v) is 6.18. The van der Waals surface area contributed by atoms with Crippen LogP contribution in [0.25, 0.3) is 0 Å². The second-order valence-electron chi connectivity index (χ2n) is 3.49. The Labute approximate surface area is 96.2 Å². The fraction of sp³-hybridized carbons (Fsp3) is 0.500. The Kier molecular flexibility index (Phi) is 5.76. The van der Waals surface area contributed by atoms with Crippen molar-refractivity contribution in [3.05, 3.63) is 29.3 Å². The number of methoxy groups -OCH3 is 1. The van der Waals surface area contributed by atoms with Crippen molar-refractivity contribution in [2.75, 3.05) is 19.5 Å². The van der Waals surface area contributed by atoms with Crippen LogP contribution in [0.4, 0.5) is 0 Å². The van der Waals surface area contributed by atoms with E-state index in [1.54, 1.807) is 7.11 Å². The topological polar surface area (TPSA) is 35.2 Å². The molecule has 0 radical (unpaired) electrons. The summed E-state index contributed by atoms with van der Waals surface area (Å²) < 4.78 is 5.01. The molecule has 0 amide bonds. The summed E-state index contributed by atoms with van der Waals surface area (Å²) in [6.45, 7) is 3.58. The van der Waals surface area contributed by atoms with Gasteiger partial charge in [-0.1, -0.05) is 6.07 Å². The van der Waals surface area contributed by atoms with Gasteiger partial charge in [-0.15, -0.1) is 11.8 Å². The van der Waals surface area contributed by atoms with E-state index in [4.69, 9.17) is 10.5 Å². The van der Waals surface area contributed by atoms with Gasteiger partial charge in [-0.3, -0.25) is 0 Å². The molecule has 3 heteroatoms. The summed E-state index contributed by atoms with van der Waals surface area (Å²) in [5, 5.41) is 0. The first-order valence-electron chi connectivity index (χ1n) is 5.19. The Morgan fingerprint density at radius 3 is 2.80 bits per heavy atom. The monoisotopic (exact) mass is 225 g/mol. The van der Waals surface area contributed by atoms with Gasteiger partial charge in [0.15, 0.2) is 0 Å². The molecule has 1 aromatic carbocycles. The summed E-state index contributed by atoms with van der Waals surface area (Å²) in [5.74, 6) is 1.11. The van der Waals surface area contributed by atoms with E-state index in [1.165, 1.54) is 16.0 Å². The summed E-state index contributed by atoms with van der Waals surface area (Å²) in [6, 6.07) is 6.47. The average molecular weight is 225 g/mol. The van der Waals surface area contributed by atoms with Gasteiger partial charge in [-0.05, 0) is 36.6 Å². The van der Waals surface area contributed by atoms with Gasteiger partial charge >= 0.3 is 0 Å². The maximum atomic E-state index is 5.62. The molecule has 0 heterocycles. The molecule has 84 valence electrons. The number of hydrogen-bond donors (Lipinski definition) is 1. The van der Waals surface area contributed by atoms with Crippen molar-refractivity contribution < 1.29 is 4.74 Å². The van der Waals surface area contributed by atoms with E-state index < -0.39 is 0 Å². The molecule has 0 aliphatic heterocycles. The molecule has 0 aliphatic carbocycles. The summed E-state index contributed by atoms with van der Waals surface area (Å²) in [6.07, 6.45) is 1.10. The molecule has 0 fully saturated rings. The fourth-order valence-electron chi connectivity index (χ4n) is 1.38. The lowest BCUT2D eigenvalue weighted by Crippen LogP contribution is -1.98. The van der Waals surface area contributed by atoms with Crippen molar-refractivity contribution in [3.8, 4) is 0 Å². The van der Waals surface area contributed by atoms with E-state index in [2.05, 4.69) is 25.1 Å². The zero-order chi connectivity index (χ0) is 11.1. The van der Waals surface area contributed by atoms with Crippen molar-refractivity contribution in [2.45, 2.75) is 24.8 Å². The quantitative estimate of drug-likeness (QED) is 0.597. The zero-order valence-electron chi connectivity index (χ0n) is 9.45. The zero-order valence-corrected chi connectivity index (χ0v) is 10.3. The average Bonchev–Trinajstić information content (AvgIpc) is 2.25. The molecule has 0 unspecified atom stereocenters. The number of nitrogens with two attached hydrogens (primary N) is 1. The maximum absolute atomic E-state index is 5.62. The van der Waals surface area contributed by atoms with Crippen LogP contribution in [0.1, 0.15) is 17.5 Å². The van der Waals surface area contributed by atoms with Crippen molar-refractivity contribution >= 4 is 11.8 Å². The third kappa shape index (κ3) is 4.24. The van der Waals surface area contributed by atoms with Crippen LogP contribution in [0, 0.1) is 6.92 Å². The van der Waals surface area contributed by atoms with E-state index in [-0.39, 0.29) is 0 Å². The number of rotatable bonds is 6. The van der Waals surface area contributed by atoms with Crippen molar-refractivity contribution in [3.63, 3.8) is 0 Å². The lowest BCUT2D eigenvalue weighted by Gasteiger charge is -2.06. The molecule has 1 rings (SSSR count). The Balaban J connectivity index is 2.45. The number of hydrogen-bond acceptors (Lipinski definition) is 3. The van der Waals surface area contributed by atoms with Crippen LogP contribution < -0.4 is 5.73 Å². The van der Waals surface area contributed by atoms with E-state index in [1.807, 2.05) is 11.8 Å². The molecule has 2 N–H and O–H groups in total. The highest BCUT2D eigenvalue weighted by Gasteiger charge is 1.99. The number of benzene rings is 1. The fourth-order valence-corrected chi connectivity index (χ4v) is 2.30. The van der Waals surface area contributed by atoms with Crippen LogP contribution in [0.2, 0.25) is 0 Å². The predicted molar refractivity (Wildman–Crippen MR) is 66.3 cm³/mol. The van der Waals surface area contributed by atoms with Gasteiger partial charge < -0.3 is 10.5 Å². The Bertz CT molecular complexity index is 302. The van der Waals surface area contributed by atoms with Gasteiger partial charge in [0.05, 0.1) is 0 Å². The van der Waals surface area contributed by atoms with Crippen LogP contribution >= 0.6 is 11.8 Å². The minimum absolute atomic E-state index is 0.625. The molecule has 0 bridgehead atoms. The van der Waals surface area contributed by atoms with Crippen LogP contribution in [0.3, 0.4) is 0 Å². The third-order valence-corrected chi connectivity index (χ3v) is 3.38. The molecule has 0 aliphatic rings. The Morgan fingerprint density at radius 1 is 1.40 bits per heavy atom. The van der Waals surface area contributed by atoms with Gasteiger partial charge in [0, 0.05) is 30.9 Å². The van der Waals surface area contributed by atoms with E-state index in [9.17, 15) is 0 Å². The summed E-state index contributed by atoms with van der Waals surface area (Å²) in [5.41, 5.74) is 8.14. The van der Waals surface area contributed by atoms with Gasteiger partial charge in [-0.25, -0.2) is 0 Å². The molecule has 0 spiro atoms.